The zero-order valence-corrected chi connectivity index (χ0v) is 11.6. The normalized spacial score (nSPS) is 18.9. The van der Waals surface area contributed by atoms with E-state index >= 15 is 0 Å². The molecule has 0 unspecified atom stereocenters. The van der Waals surface area contributed by atoms with E-state index in [1.807, 2.05) is 0 Å². The van der Waals surface area contributed by atoms with E-state index in [1.54, 1.807) is 0 Å². The summed E-state index contributed by atoms with van der Waals surface area (Å²) in [4.78, 5) is 26.4. The van der Waals surface area contributed by atoms with Crippen molar-refractivity contribution >= 4 is 27.8 Å². The third kappa shape index (κ3) is 4.78. The molecule has 0 fully saturated rings. The second-order valence-corrected chi connectivity index (χ2v) is 3.81. The molecule has 11 nitrogen and oxygen atoms in total. The maximum atomic E-state index is 11.5. The van der Waals surface area contributed by atoms with E-state index in [1.165, 1.54) is 0 Å². The first-order chi connectivity index (χ1) is 9.22. The van der Waals surface area contributed by atoms with Crippen molar-refractivity contribution in [1.29, 1.82) is 0 Å². The lowest BCUT2D eigenvalue weighted by molar-refractivity contribution is -0.636. The number of halogens is 1. The van der Waals surface area contributed by atoms with Crippen molar-refractivity contribution in [2.75, 3.05) is 6.61 Å². The quantitative estimate of drug-likeness (QED) is 0.0880. The van der Waals surface area contributed by atoms with Gasteiger partial charge in [0, 0.05) is 6.92 Å². The number of hydrogen-bond acceptors (Lipinski definition) is 11. The Morgan fingerprint density at radius 2 is 1.80 bits per heavy atom. The first-order valence-electron chi connectivity index (χ1n) is 4.94. The lowest BCUT2D eigenvalue weighted by Crippen LogP contribution is -2.60. The molecular formula is C8H13BrO11. The SMILES string of the molecule is CC(=O)C(=O)[C@@](O)(OOOOBr)[C@@H](O)[C@@H](O)[C@H](O)CO. The fourth-order valence-corrected chi connectivity index (χ4v) is 1.14. The highest BCUT2D eigenvalue weighted by Gasteiger charge is 2.53. The van der Waals surface area contributed by atoms with E-state index in [9.17, 15) is 24.9 Å². The van der Waals surface area contributed by atoms with Gasteiger partial charge < -0.3 is 25.5 Å². The Morgan fingerprint density at radius 3 is 2.20 bits per heavy atom. The van der Waals surface area contributed by atoms with Gasteiger partial charge >= 0.3 is 0 Å². The van der Waals surface area contributed by atoms with Gasteiger partial charge in [-0.25, -0.2) is 0 Å². The van der Waals surface area contributed by atoms with Gasteiger partial charge in [0.05, 0.1) is 6.61 Å². The van der Waals surface area contributed by atoms with Crippen LogP contribution in [0.1, 0.15) is 6.92 Å². The second kappa shape index (κ2) is 8.68. The highest BCUT2D eigenvalue weighted by atomic mass is 79.9. The number of hydrogen-bond donors (Lipinski definition) is 5. The second-order valence-electron chi connectivity index (χ2n) is 3.55. The van der Waals surface area contributed by atoms with E-state index in [-0.39, 0.29) is 0 Å². The van der Waals surface area contributed by atoms with E-state index in [0.717, 1.165) is 6.92 Å². The average molecular weight is 365 g/mol. The van der Waals surface area contributed by atoms with E-state index in [0.29, 0.717) is 0 Å². The largest absolute Gasteiger partial charge is 0.394 e. The standard InChI is InChI=1S/C8H13BrO11/c1-3(11)6(14)8(16,17-19-20-18-9)7(15)5(13)4(12)2-10/h4-5,7,10,12-13,15-16H,2H2,1H3/t4-,5+,7+,8-/m1/s1. The molecule has 0 spiro atoms. The summed E-state index contributed by atoms with van der Waals surface area (Å²) in [6.07, 6.45) is -6.74. The summed E-state index contributed by atoms with van der Waals surface area (Å²) in [6.45, 7) is -0.273. The van der Waals surface area contributed by atoms with Crippen LogP contribution in [0.15, 0.2) is 0 Å². The molecule has 0 saturated heterocycles. The number of Topliss-reactive ketones (excluding diaryl/α,β-unsaturated/α-hetero) is 2. The smallest absolute Gasteiger partial charge is 0.298 e. The molecule has 12 heteroatoms. The van der Waals surface area contributed by atoms with Crippen molar-refractivity contribution in [2.45, 2.75) is 31.0 Å². The molecule has 0 aliphatic carbocycles. The summed E-state index contributed by atoms with van der Waals surface area (Å²) in [7, 11) is 0. The highest BCUT2D eigenvalue weighted by Crippen LogP contribution is 2.21. The third-order valence-corrected chi connectivity index (χ3v) is 2.27. The molecule has 5 N–H and O–H groups in total. The van der Waals surface area contributed by atoms with Crippen molar-refractivity contribution in [1.82, 2.24) is 0 Å². The minimum Gasteiger partial charge on any atom is -0.394 e. The molecule has 0 radical (unpaired) electrons. The molecule has 118 valence electrons. The van der Waals surface area contributed by atoms with Crippen LogP contribution < -0.4 is 0 Å². The zero-order chi connectivity index (χ0) is 15.9. The van der Waals surface area contributed by atoms with Gasteiger partial charge in [0.25, 0.3) is 11.6 Å². The molecule has 0 saturated carbocycles. The van der Waals surface area contributed by atoms with Crippen LogP contribution in [-0.4, -0.2) is 67.8 Å². The average Bonchev–Trinajstić information content (AvgIpc) is 2.43. The maximum Gasteiger partial charge on any atom is 0.298 e. The molecule has 0 aromatic carbocycles. The number of aliphatic hydroxyl groups is 5. The van der Waals surface area contributed by atoms with Crippen molar-refractivity contribution in [3.05, 3.63) is 0 Å². The minimum absolute atomic E-state index is 0.736. The van der Waals surface area contributed by atoms with Crippen LogP contribution in [0.3, 0.4) is 0 Å². The molecule has 0 rings (SSSR count). The summed E-state index contributed by atoms with van der Waals surface area (Å²) in [6, 6.07) is 0. The molecule has 4 atom stereocenters. The first kappa shape index (κ1) is 19.5. The molecular weight excluding hydrogens is 352 g/mol. The summed E-state index contributed by atoms with van der Waals surface area (Å²) in [5, 5.41) is 53.9. The van der Waals surface area contributed by atoms with Crippen LogP contribution >= 0.6 is 16.3 Å². The summed E-state index contributed by atoms with van der Waals surface area (Å²) >= 11 is 2.24. The maximum absolute atomic E-state index is 11.5. The van der Waals surface area contributed by atoms with Gasteiger partial charge in [0.15, 0.2) is 0 Å². The zero-order valence-electron chi connectivity index (χ0n) is 10.0. The minimum atomic E-state index is -3.41. The molecule has 20 heavy (non-hydrogen) atoms. The van der Waals surface area contributed by atoms with Crippen LogP contribution in [0.25, 0.3) is 0 Å². The van der Waals surface area contributed by atoms with Gasteiger partial charge in [0.2, 0.25) is 5.78 Å². The van der Waals surface area contributed by atoms with E-state index in [4.69, 9.17) is 10.2 Å². The lowest BCUT2D eigenvalue weighted by atomic mass is 9.95. The van der Waals surface area contributed by atoms with Crippen molar-refractivity contribution in [2.24, 2.45) is 0 Å². The highest BCUT2D eigenvalue weighted by molar-refractivity contribution is 9.05. The molecule has 0 bridgehead atoms. The van der Waals surface area contributed by atoms with Crippen LogP contribution in [0, 0.1) is 0 Å². The van der Waals surface area contributed by atoms with Gasteiger partial charge in [-0.2, -0.15) is 4.89 Å². The van der Waals surface area contributed by atoms with Crippen molar-refractivity contribution < 1.29 is 54.1 Å². The number of ketones is 2. The van der Waals surface area contributed by atoms with Gasteiger partial charge in [-0.3, -0.25) is 9.59 Å². The summed E-state index contributed by atoms with van der Waals surface area (Å²) < 4.78 is 3.71. The Kier molecular flexibility index (Phi) is 8.45. The molecule has 0 aliphatic heterocycles. The number of aliphatic hydroxyl groups excluding tert-OH is 4. The van der Waals surface area contributed by atoms with Gasteiger partial charge in [0.1, 0.15) is 34.6 Å². The van der Waals surface area contributed by atoms with Gasteiger partial charge in [-0.15, -0.1) is 3.98 Å². The topological polar surface area (TPSA) is 172 Å². The van der Waals surface area contributed by atoms with Gasteiger partial charge in [-0.05, 0) is 10.1 Å². The number of rotatable bonds is 10. The Balaban J connectivity index is 5.18. The molecule has 0 amide bonds. The Hall–Kier alpha value is -0.540. The van der Waals surface area contributed by atoms with Crippen LogP contribution in [0.5, 0.6) is 0 Å². The Labute approximate surface area is 120 Å². The summed E-state index contributed by atoms with van der Waals surface area (Å²) in [5.74, 6) is -6.39. The third-order valence-electron chi connectivity index (χ3n) is 2.17. The first-order valence-corrected chi connectivity index (χ1v) is 5.59. The lowest BCUT2D eigenvalue weighted by Gasteiger charge is -2.31. The van der Waals surface area contributed by atoms with Crippen molar-refractivity contribution in [3.63, 3.8) is 0 Å². The Bertz CT molecular complexity index is 336. The molecule has 0 aromatic heterocycles. The van der Waals surface area contributed by atoms with Crippen molar-refractivity contribution in [3.8, 4) is 0 Å². The van der Waals surface area contributed by atoms with Crippen LogP contribution in [0.4, 0.5) is 0 Å². The van der Waals surface area contributed by atoms with Crippen LogP contribution in [0.2, 0.25) is 0 Å². The summed E-state index contributed by atoms with van der Waals surface area (Å²) in [5.41, 5.74) is 0. The molecule has 0 aliphatic rings. The fourth-order valence-electron chi connectivity index (χ4n) is 1.10. The molecule has 0 aromatic rings. The predicted molar refractivity (Wildman–Crippen MR) is 59.0 cm³/mol. The number of carbonyl (C=O) groups excluding carboxylic acids is 2. The fraction of sp³-hybridized carbons (Fsp3) is 0.750. The van der Waals surface area contributed by atoms with E-state index < -0.39 is 42.3 Å². The monoisotopic (exact) mass is 364 g/mol. The molecule has 0 heterocycles. The number of carbonyl (C=O) groups is 2. The van der Waals surface area contributed by atoms with E-state index in [2.05, 4.69) is 35.2 Å². The predicted octanol–water partition coefficient (Wildman–Crippen LogP) is -2.97. The van der Waals surface area contributed by atoms with Crippen LogP contribution in [-0.2, 0) is 28.5 Å². The van der Waals surface area contributed by atoms with Gasteiger partial charge in [-0.1, -0.05) is 0 Å². The Morgan fingerprint density at radius 1 is 1.25 bits per heavy atom.